The van der Waals surface area contributed by atoms with Crippen molar-refractivity contribution in [2.75, 3.05) is 0 Å². The second kappa shape index (κ2) is 4.97. The lowest BCUT2D eigenvalue weighted by Gasteiger charge is -2.10. The lowest BCUT2D eigenvalue weighted by Crippen LogP contribution is -2.15. The predicted molar refractivity (Wildman–Crippen MR) is 73.3 cm³/mol. The number of aromatic nitrogens is 1. The molecule has 6 nitrogen and oxygen atoms in total. The summed E-state index contributed by atoms with van der Waals surface area (Å²) in [7, 11) is 0. The molecule has 0 fully saturated rings. The Morgan fingerprint density at radius 1 is 1.25 bits per heavy atom. The van der Waals surface area contributed by atoms with Gasteiger partial charge in [-0.25, -0.2) is 0 Å². The van der Waals surface area contributed by atoms with Crippen LogP contribution >= 0.6 is 0 Å². The number of H-pyrrole nitrogens is 1. The maximum Gasteiger partial charge on any atom is 0.269 e. The van der Waals surface area contributed by atoms with E-state index < -0.39 is 10.5 Å². The number of hydrogen-bond acceptors (Lipinski definition) is 4. The lowest BCUT2D eigenvalue weighted by atomic mass is 9.95. The SMILES string of the molecule is Cc1[nH]c(=O)c(C#N)c(-c2ccc([N+](=O)[O-])cc2)c1C. The Morgan fingerprint density at radius 3 is 2.35 bits per heavy atom. The van der Waals surface area contributed by atoms with Crippen LogP contribution in [-0.4, -0.2) is 9.91 Å². The topological polar surface area (TPSA) is 99.8 Å². The number of nitrogens with one attached hydrogen (secondary N) is 1. The van der Waals surface area contributed by atoms with Crippen LogP contribution in [0.15, 0.2) is 29.1 Å². The van der Waals surface area contributed by atoms with E-state index >= 15 is 0 Å². The number of hydrogen-bond donors (Lipinski definition) is 1. The number of nitro groups is 1. The average molecular weight is 269 g/mol. The molecule has 1 heterocycles. The molecule has 0 aliphatic heterocycles. The van der Waals surface area contributed by atoms with Gasteiger partial charge in [0.15, 0.2) is 0 Å². The number of nitriles is 1. The highest BCUT2D eigenvalue weighted by atomic mass is 16.6. The van der Waals surface area contributed by atoms with Gasteiger partial charge in [0.1, 0.15) is 11.6 Å². The summed E-state index contributed by atoms with van der Waals surface area (Å²) in [5, 5.41) is 19.8. The molecule has 0 atom stereocenters. The van der Waals surface area contributed by atoms with Gasteiger partial charge in [0.2, 0.25) is 0 Å². The van der Waals surface area contributed by atoms with Gasteiger partial charge in [-0.15, -0.1) is 0 Å². The van der Waals surface area contributed by atoms with Crippen LogP contribution in [0.4, 0.5) is 5.69 Å². The van der Waals surface area contributed by atoms with Gasteiger partial charge >= 0.3 is 0 Å². The molecular weight excluding hydrogens is 258 g/mol. The fourth-order valence-electron chi connectivity index (χ4n) is 2.03. The number of rotatable bonds is 2. The van der Waals surface area contributed by atoms with E-state index in [-0.39, 0.29) is 11.3 Å². The standard InChI is InChI=1S/C14H11N3O3/c1-8-9(2)16-14(18)12(7-15)13(8)10-3-5-11(6-4-10)17(19)20/h3-6H,1-2H3,(H,16,18). The zero-order valence-electron chi connectivity index (χ0n) is 10.9. The highest BCUT2D eigenvalue weighted by Gasteiger charge is 2.15. The molecule has 0 aliphatic rings. The van der Waals surface area contributed by atoms with E-state index in [4.69, 9.17) is 5.26 Å². The summed E-state index contributed by atoms with van der Waals surface area (Å²) >= 11 is 0. The molecule has 100 valence electrons. The normalized spacial score (nSPS) is 10.1. The van der Waals surface area contributed by atoms with Crippen LogP contribution in [0.3, 0.4) is 0 Å². The molecular formula is C14H11N3O3. The molecule has 6 heteroatoms. The number of non-ortho nitro benzene ring substituents is 1. The van der Waals surface area contributed by atoms with Gasteiger partial charge in [0, 0.05) is 23.4 Å². The maximum absolute atomic E-state index is 11.8. The first-order valence-electron chi connectivity index (χ1n) is 5.84. The lowest BCUT2D eigenvalue weighted by molar-refractivity contribution is -0.384. The van der Waals surface area contributed by atoms with Crippen LogP contribution in [0.2, 0.25) is 0 Å². The van der Waals surface area contributed by atoms with Crippen LogP contribution in [0.25, 0.3) is 11.1 Å². The molecule has 1 N–H and O–H groups in total. The van der Waals surface area contributed by atoms with Crippen molar-refractivity contribution in [1.82, 2.24) is 4.98 Å². The van der Waals surface area contributed by atoms with Crippen molar-refractivity contribution in [3.8, 4) is 17.2 Å². The maximum atomic E-state index is 11.8. The quantitative estimate of drug-likeness (QED) is 0.668. The van der Waals surface area contributed by atoms with E-state index in [0.717, 1.165) is 5.56 Å². The second-order valence-corrected chi connectivity index (χ2v) is 4.37. The van der Waals surface area contributed by atoms with Gasteiger partial charge in [-0.05, 0) is 37.1 Å². The van der Waals surface area contributed by atoms with E-state index in [9.17, 15) is 14.9 Å². The van der Waals surface area contributed by atoms with Crippen molar-refractivity contribution < 1.29 is 4.92 Å². The zero-order valence-corrected chi connectivity index (χ0v) is 10.9. The van der Waals surface area contributed by atoms with E-state index in [0.29, 0.717) is 16.8 Å². The minimum absolute atomic E-state index is 0.0157. The van der Waals surface area contributed by atoms with Gasteiger partial charge in [-0.3, -0.25) is 14.9 Å². The number of benzene rings is 1. The third-order valence-electron chi connectivity index (χ3n) is 3.19. The number of pyridine rings is 1. The molecule has 0 saturated carbocycles. The highest BCUT2D eigenvalue weighted by molar-refractivity contribution is 5.74. The third-order valence-corrected chi connectivity index (χ3v) is 3.19. The Balaban J connectivity index is 2.72. The van der Waals surface area contributed by atoms with E-state index in [1.165, 1.54) is 12.1 Å². The summed E-state index contributed by atoms with van der Waals surface area (Å²) in [5.41, 5.74) is 2.09. The Bertz CT molecular complexity index is 783. The van der Waals surface area contributed by atoms with Crippen molar-refractivity contribution in [3.63, 3.8) is 0 Å². The Hall–Kier alpha value is -2.94. The monoisotopic (exact) mass is 269 g/mol. The molecule has 0 spiro atoms. The molecule has 0 radical (unpaired) electrons. The summed E-state index contributed by atoms with van der Waals surface area (Å²) in [4.78, 5) is 24.6. The Morgan fingerprint density at radius 2 is 1.85 bits per heavy atom. The minimum Gasteiger partial charge on any atom is -0.325 e. The summed E-state index contributed by atoms with van der Waals surface area (Å²) in [6.07, 6.45) is 0. The van der Waals surface area contributed by atoms with Crippen LogP contribution < -0.4 is 5.56 Å². The Kier molecular flexibility index (Phi) is 3.36. The smallest absolute Gasteiger partial charge is 0.269 e. The fourth-order valence-corrected chi connectivity index (χ4v) is 2.03. The average Bonchev–Trinajstić information content (AvgIpc) is 2.42. The van der Waals surface area contributed by atoms with Gasteiger partial charge in [0.25, 0.3) is 11.2 Å². The number of nitro benzene ring substituents is 1. The molecule has 1 aromatic carbocycles. The molecule has 0 saturated heterocycles. The summed E-state index contributed by atoms with van der Waals surface area (Å²) < 4.78 is 0. The Labute approximate surface area is 114 Å². The van der Waals surface area contributed by atoms with Gasteiger partial charge in [-0.1, -0.05) is 0 Å². The summed E-state index contributed by atoms with van der Waals surface area (Å²) in [6.45, 7) is 3.54. The molecule has 0 unspecified atom stereocenters. The first-order valence-corrected chi connectivity index (χ1v) is 5.84. The van der Waals surface area contributed by atoms with Crippen molar-refractivity contribution in [2.45, 2.75) is 13.8 Å². The number of nitrogens with zero attached hydrogens (tertiary/aromatic N) is 2. The molecule has 2 aromatic rings. The number of aromatic amines is 1. The van der Waals surface area contributed by atoms with Gasteiger partial charge < -0.3 is 4.98 Å². The van der Waals surface area contributed by atoms with Crippen LogP contribution in [0.5, 0.6) is 0 Å². The molecule has 1 aromatic heterocycles. The van der Waals surface area contributed by atoms with Crippen LogP contribution in [0.1, 0.15) is 16.8 Å². The van der Waals surface area contributed by atoms with Crippen LogP contribution in [0, 0.1) is 35.3 Å². The van der Waals surface area contributed by atoms with E-state index in [1.807, 2.05) is 6.07 Å². The van der Waals surface area contributed by atoms with Crippen molar-refractivity contribution in [1.29, 1.82) is 5.26 Å². The van der Waals surface area contributed by atoms with Gasteiger partial charge in [0.05, 0.1) is 4.92 Å². The number of aryl methyl sites for hydroxylation is 1. The zero-order chi connectivity index (χ0) is 14.9. The van der Waals surface area contributed by atoms with E-state index in [1.54, 1.807) is 26.0 Å². The summed E-state index contributed by atoms with van der Waals surface area (Å²) in [5.74, 6) is 0. The summed E-state index contributed by atoms with van der Waals surface area (Å²) in [6, 6.07) is 7.68. The highest BCUT2D eigenvalue weighted by Crippen LogP contribution is 2.28. The largest absolute Gasteiger partial charge is 0.325 e. The molecule has 0 amide bonds. The van der Waals surface area contributed by atoms with E-state index in [2.05, 4.69) is 4.98 Å². The first-order chi connectivity index (χ1) is 9.45. The predicted octanol–water partition coefficient (Wildman–Crippen LogP) is 2.44. The first kappa shape index (κ1) is 13.5. The second-order valence-electron chi connectivity index (χ2n) is 4.37. The fraction of sp³-hybridized carbons (Fsp3) is 0.143. The molecule has 0 bridgehead atoms. The van der Waals surface area contributed by atoms with Crippen molar-refractivity contribution in [3.05, 3.63) is 61.6 Å². The third kappa shape index (κ3) is 2.17. The minimum atomic E-state index is -0.495. The molecule has 20 heavy (non-hydrogen) atoms. The molecule has 0 aliphatic carbocycles. The van der Waals surface area contributed by atoms with Crippen LogP contribution in [-0.2, 0) is 0 Å². The molecule has 2 rings (SSSR count). The van der Waals surface area contributed by atoms with Crippen molar-refractivity contribution in [2.24, 2.45) is 0 Å². The van der Waals surface area contributed by atoms with Crippen molar-refractivity contribution >= 4 is 5.69 Å². The van der Waals surface area contributed by atoms with Gasteiger partial charge in [-0.2, -0.15) is 5.26 Å².